The molecule has 1 saturated heterocycles. The van der Waals surface area contributed by atoms with Crippen LogP contribution in [0.5, 0.6) is 28.7 Å². The molecule has 0 saturated carbocycles. The van der Waals surface area contributed by atoms with Gasteiger partial charge in [0.15, 0.2) is 11.9 Å². The summed E-state index contributed by atoms with van der Waals surface area (Å²) in [6.07, 6.45) is -3.44. The van der Waals surface area contributed by atoms with Gasteiger partial charge >= 0.3 is 5.97 Å². The lowest BCUT2D eigenvalue weighted by Gasteiger charge is -2.22. The van der Waals surface area contributed by atoms with E-state index in [-0.39, 0.29) is 39.5 Å². The first kappa shape index (κ1) is 27.5. The Labute approximate surface area is 231 Å². The number of carbonyl (C=O) groups excluding carboxylic acids is 1. The van der Waals surface area contributed by atoms with Crippen LogP contribution in [0.3, 0.4) is 0 Å². The molecule has 12 nitrogen and oxygen atoms in total. The molecule has 0 bridgehead atoms. The molecule has 3 aromatic carbocycles. The SMILES string of the molecule is O=C(C=Cc1ccc(O)cc1)O[C@H]1[C@@H](Oc2c(-c3ccc(O)cc3)oc3cc(O)cc(O)c3c2=O)O[C@@H](CO)[C@@H]1O. The number of phenols is 4. The van der Waals surface area contributed by atoms with Crippen molar-refractivity contribution in [2.45, 2.75) is 24.6 Å². The van der Waals surface area contributed by atoms with Crippen LogP contribution in [0.25, 0.3) is 28.4 Å². The van der Waals surface area contributed by atoms with Gasteiger partial charge in [0, 0.05) is 23.8 Å². The minimum atomic E-state index is -1.61. The van der Waals surface area contributed by atoms with Crippen molar-refractivity contribution in [2.75, 3.05) is 6.61 Å². The molecule has 0 unspecified atom stereocenters. The van der Waals surface area contributed by atoms with E-state index < -0.39 is 54.1 Å². The van der Waals surface area contributed by atoms with E-state index in [4.69, 9.17) is 18.6 Å². The van der Waals surface area contributed by atoms with E-state index in [1.54, 1.807) is 12.1 Å². The fourth-order valence-electron chi connectivity index (χ4n) is 4.29. The van der Waals surface area contributed by atoms with Crippen molar-refractivity contribution in [1.82, 2.24) is 0 Å². The van der Waals surface area contributed by atoms with Crippen molar-refractivity contribution >= 4 is 23.0 Å². The fraction of sp³-hybridized carbons (Fsp3) is 0.172. The summed E-state index contributed by atoms with van der Waals surface area (Å²) >= 11 is 0. The van der Waals surface area contributed by atoms with E-state index in [1.165, 1.54) is 42.5 Å². The van der Waals surface area contributed by atoms with Crippen molar-refractivity contribution in [3.8, 4) is 40.1 Å². The molecule has 1 aliphatic heterocycles. The van der Waals surface area contributed by atoms with Gasteiger partial charge in [0.25, 0.3) is 0 Å². The van der Waals surface area contributed by atoms with Gasteiger partial charge in [0.1, 0.15) is 46.2 Å². The Kier molecular flexibility index (Phi) is 7.53. The Morgan fingerprint density at radius 2 is 1.59 bits per heavy atom. The molecule has 1 aromatic heterocycles. The average Bonchev–Trinajstić information content (AvgIpc) is 3.23. The third-order valence-electron chi connectivity index (χ3n) is 6.31. The number of esters is 1. The van der Waals surface area contributed by atoms with Crippen LogP contribution in [0.2, 0.25) is 0 Å². The lowest BCUT2D eigenvalue weighted by Crippen LogP contribution is -2.40. The number of rotatable bonds is 7. The molecule has 4 atom stereocenters. The topological polar surface area (TPSA) is 196 Å². The first-order valence-electron chi connectivity index (χ1n) is 12.3. The van der Waals surface area contributed by atoms with Crippen molar-refractivity contribution in [1.29, 1.82) is 0 Å². The highest BCUT2D eigenvalue weighted by Crippen LogP contribution is 2.38. The summed E-state index contributed by atoms with van der Waals surface area (Å²) in [5, 5.41) is 59.5. The summed E-state index contributed by atoms with van der Waals surface area (Å²) in [7, 11) is 0. The molecule has 1 aliphatic rings. The number of carbonyl (C=O) groups is 1. The van der Waals surface area contributed by atoms with Gasteiger partial charge in [-0.15, -0.1) is 0 Å². The zero-order valence-corrected chi connectivity index (χ0v) is 21.1. The van der Waals surface area contributed by atoms with E-state index in [0.717, 1.165) is 18.2 Å². The monoisotopic (exact) mass is 564 g/mol. The summed E-state index contributed by atoms with van der Waals surface area (Å²) in [6.45, 7) is -0.671. The van der Waals surface area contributed by atoms with Gasteiger partial charge in [0.2, 0.25) is 17.5 Å². The Hall–Kier alpha value is -5.04. The number of aromatic hydroxyl groups is 4. The predicted molar refractivity (Wildman–Crippen MR) is 142 cm³/mol. The number of hydrogen-bond donors (Lipinski definition) is 6. The Bertz CT molecular complexity index is 1660. The van der Waals surface area contributed by atoms with Crippen molar-refractivity contribution in [3.05, 3.63) is 82.5 Å². The molecule has 5 rings (SSSR count). The van der Waals surface area contributed by atoms with Crippen LogP contribution in [0.1, 0.15) is 5.56 Å². The smallest absolute Gasteiger partial charge is 0.331 e. The van der Waals surface area contributed by atoms with Crippen molar-refractivity contribution in [2.24, 2.45) is 0 Å². The molecule has 4 aromatic rings. The average molecular weight is 564 g/mol. The van der Waals surface area contributed by atoms with Crippen LogP contribution in [0, 0.1) is 0 Å². The summed E-state index contributed by atoms with van der Waals surface area (Å²) in [5.41, 5.74) is -0.232. The first-order chi connectivity index (χ1) is 19.6. The second kappa shape index (κ2) is 11.2. The Morgan fingerprint density at radius 1 is 0.927 bits per heavy atom. The van der Waals surface area contributed by atoms with E-state index in [9.17, 15) is 40.2 Å². The molecule has 2 heterocycles. The molecule has 0 spiro atoms. The lowest BCUT2D eigenvalue weighted by atomic mass is 10.1. The highest BCUT2D eigenvalue weighted by Gasteiger charge is 2.48. The van der Waals surface area contributed by atoms with Gasteiger partial charge in [0.05, 0.1) is 6.61 Å². The maximum absolute atomic E-state index is 13.6. The van der Waals surface area contributed by atoms with E-state index >= 15 is 0 Å². The number of phenolic OH excluding ortho intramolecular Hbond substituents is 4. The maximum atomic E-state index is 13.6. The molecule has 1 fully saturated rings. The number of benzene rings is 3. The normalized spacial score (nSPS) is 20.4. The summed E-state index contributed by atoms with van der Waals surface area (Å²) in [4.78, 5) is 26.2. The summed E-state index contributed by atoms with van der Waals surface area (Å²) in [5.74, 6) is -2.59. The third kappa shape index (κ3) is 5.65. The zero-order valence-electron chi connectivity index (χ0n) is 21.1. The number of aliphatic hydroxyl groups is 2. The van der Waals surface area contributed by atoms with Crippen LogP contribution in [0.4, 0.5) is 0 Å². The van der Waals surface area contributed by atoms with Gasteiger partial charge in [-0.3, -0.25) is 4.79 Å². The summed E-state index contributed by atoms with van der Waals surface area (Å²) in [6, 6.07) is 13.5. The lowest BCUT2D eigenvalue weighted by molar-refractivity contribution is -0.162. The first-order valence-corrected chi connectivity index (χ1v) is 12.3. The Morgan fingerprint density at radius 3 is 2.24 bits per heavy atom. The highest BCUT2D eigenvalue weighted by molar-refractivity contribution is 5.88. The van der Waals surface area contributed by atoms with Gasteiger partial charge in [-0.05, 0) is 48.0 Å². The molecule has 212 valence electrons. The van der Waals surface area contributed by atoms with Crippen molar-refractivity contribution < 1.29 is 54.1 Å². The number of aliphatic hydroxyl groups excluding tert-OH is 2. The molecule has 0 amide bonds. The highest BCUT2D eigenvalue weighted by atomic mass is 16.7. The van der Waals surface area contributed by atoms with Gasteiger partial charge in [-0.2, -0.15) is 0 Å². The molecule has 0 radical (unpaired) electrons. The van der Waals surface area contributed by atoms with Crippen LogP contribution in [0.15, 0.2) is 76.0 Å². The van der Waals surface area contributed by atoms with Crippen LogP contribution in [-0.4, -0.2) is 67.8 Å². The third-order valence-corrected chi connectivity index (χ3v) is 6.31. The Balaban J connectivity index is 1.52. The second-order valence-electron chi connectivity index (χ2n) is 9.13. The van der Waals surface area contributed by atoms with Crippen LogP contribution in [-0.2, 0) is 14.3 Å². The molecule has 12 heteroatoms. The minimum absolute atomic E-state index is 0.0425. The molecule has 6 N–H and O–H groups in total. The largest absolute Gasteiger partial charge is 0.508 e. The molecular formula is C29H24O12. The second-order valence-corrected chi connectivity index (χ2v) is 9.13. The molecule has 0 aliphatic carbocycles. The van der Waals surface area contributed by atoms with Crippen LogP contribution < -0.4 is 10.2 Å². The quantitative estimate of drug-likeness (QED) is 0.142. The fourth-order valence-corrected chi connectivity index (χ4v) is 4.29. The summed E-state index contributed by atoms with van der Waals surface area (Å²) < 4.78 is 22.6. The van der Waals surface area contributed by atoms with E-state index in [2.05, 4.69) is 0 Å². The minimum Gasteiger partial charge on any atom is -0.508 e. The van der Waals surface area contributed by atoms with Gasteiger partial charge in [-0.1, -0.05) is 12.1 Å². The zero-order chi connectivity index (χ0) is 29.3. The maximum Gasteiger partial charge on any atom is 0.331 e. The van der Waals surface area contributed by atoms with Gasteiger partial charge < -0.3 is 49.3 Å². The molecule has 41 heavy (non-hydrogen) atoms. The number of ether oxygens (including phenoxy) is 3. The van der Waals surface area contributed by atoms with Gasteiger partial charge in [-0.25, -0.2) is 4.79 Å². The number of hydrogen-bond acceptors (Lipinski definition) is 12. The molecular weight excluding hydrogens is 540 g/mol. The van der Waals surface area contributed by atoms with Crippen LogP contribution >= 0.6 is 0 Å². The predicted octanol–water partition coefficient (Wildman–Crippen LogP) is 2.36. The van der Waals surface area contributed by atoms with E-state index in [1.807, 2.05) is 0 Å². The van der Waals surface area contributed by atoms with Crippen molar-refractivity contribution in [3.63, 3.8) is 0 Å². The standard InChI is InChI=1S/C29H24O12/c30-13-21-24(36)28(40-22(35)10-3-14-1-6-16(31)7-2-14)29(39-21)41-27-25(37)23-19(34)11-18(33)12-20(23)38-26(27)15-4-8-17(32)9-5-15/h1-12,21,24,28-34,36H,13H2/t21-,24-,28+,29+/m0/s1. The van der Waals surface area contributed by atoms with E-state index in [0.29, 0.717) is 5.56 Å². The number of fused-ring (bicyclic) bond motifs is 1.